The number of esters is 1. The second-order valence-electron chi connectivity index (χ2n) is 4.40. The molecule has 1 aromatic heterocycles. The van der Waals surface area contributed by atoms with Crippen LogP contribution in [0.25, 0.3) is 11.0 Å². The zero-order chi connectivity index (χ0) is 13.7. The van der Waals surface area contributed by atoms with Gasteiger partial charge < -0.3 is 4.74 Å². The minimum Gasteiger partial charge on any atom is -0.461 e. The molecule has 0 aliphatic heterocycles. The first-order chi connectivity index (χ1) is 9.24. The quantitative estimate of drug-likeness (QED) is 0.773. The number of nitrogens with zero attached hydrogens (tertiary/aromatic N) is 2. The molecule has 100 valence electrons. The fourth-order valence-corrected chi connectivity index (χ4v) is 1.90. The van der Waals surface area contributed by atoms with Crippen LogP contribution in [0, 0.1) is 0 Å². The van der Waals surface area contributed by atoms with Crippen LogP contribution < -0.4 is 0 Å². The Labute approximate surface area is 112 Å². The van der Waals surface area contributed by atoms with Crippen LogP contribution in [-0.2, 0) is 11.2 Å². The molecule has 0 unspecified atom stereocenters. The van der Waals surface area contributed by atoms with Crippen molar-refractivity contribution >= 4 is 17.0 Å². The van der Waals surface area contributed by atoms with Crippen molar-refractivity contribution in [3.8, 4) is 0 Å². The average Bonchev–Trinajstić information content (AvgIpc) is 2.44. The van der Waals surface area contributed by atoms with Crippen LogP contribution in [0.3, 0.4) is 0 Å². The van der Waals surface area contributed by atoms with Crippen LogP contribution in [0.15, 0.2) is 24.4 Å². The number of hydrogen-bond acceptors (Lipinski definition) is 4. The molecular weight excluding hydrogens is 240 g/mol. The summed E-state index contributed by atoms with van der Waals surface area (Å²) in [7, 11) is 0. The van der Waals surface area contributed by atoms with Crippen molar-refractivity contribution in [3.05, 3.63) is 35.7 Å². The third-order valence-corrected chi connectivity index (χ3v) is 2.91. The number of unbranched alkanes of at least 4 members (excludes halogenated alkanes) is 1. The molecule has 0 saturated carbocycles. The maximum atomic E-state index is 11.6. The topological polar surface area (TPSA) is 52.1 Å². The highest BCUT2D eigenvalue weighted by atomic mass is 16.5. The third kappa shape index (κ3) is 3.28. The van der Waals surface area contributed by atoms with Gasteiger partial charge in [-0.05, 0) is 37.5 Å². The molecule has 1 heterocycles. The highest BCUT2D eigenvalue weighted by molar-refractivity contribution is 5.89. The van der Waals surface area contributed by atoms with Crippen molar-refractivity contribution in [3.63, 3.8) is 0 Å². The van der Waals surface area contributed by atoms with Crippen molar-refractivity contribution in [2.45, 2.75) is 33.1 Å². The lowest BCUT2D eigenvalue weighted by Crippen LogP contribution is -2.07. The van der Waals surface area contributed by atoms with Gasteiger partial charge in [0.2, 0.25) is 0 Å². The van der Waals surface area contributed by atoms with Crippen molar-refractivity contribution in [1.82, 2.24) is 9.97 Å². The number of fused-ring (bicyclic) bond motifs is 1. The van der Waals surface area contributed by atoms with Gasteiger partial charge in [0.25, 0.3) is 0 Å². The molecule has 0 aliphatic carbocycles. The van der Waals surface area contributed by atoms with E-state index >= 15 is 0 Å². The van der Waals surface area contributed by atoms with Crippen LogP contribution in [0.2, 0.25) is 0 Å². The molecule has 0 atom stereocenters. The second kappa shape index (κ2) is 6.27. The minimum absolute atomic E-state index is 0.260. The van der Waals surface area contributed by atoms with Crippen molar-refractivity contribution < 1.29 is 9.53 Å². The highest BCUT2D eigenvalue weighted by Crippen LogP contribution is 2.14. The Morgan fingerprint density at radius 3 is 2.84 bits per heavy atom. The Balaban J connectivity index is 2.27. The van der Waals surface area contributed by atoms with E-state index in [4.69, 9.17) is 4.74 Å². The van der Waals surface area contributed by atoms with Gasteiger partial charge in [0.1, 0.15) is 0 Å². The van der Waals surface area contributed by atoms with Gasteiger partial charge in [-0.25, -0.2) is 9.78 Å². The van der Waals surface area contributed by atoms with E-state index in [0.717, 1.165) is 17.5 Å². The van der Waals surface area contributed by atoms with E-state index in [1.165, 1.54) is 24.6 Å². The first kappa shape index (κ1) is 13.5. The lowest BCUT2D eigenvalue weighted by atomic mass is 10.1. The maximum absolute atomic E-state index is 11.6. The Hall–Kier alpha value is -1.97. The van der Waals surface area contributed by atoms with Gasteiger partial charge in [-0.2, -0.15) is 0 Å². The Bertz CT molecular complexity index is 581. The summed E-state index contributed by atoms with van der Waals surface area (Å²) >= 11 is 0. The van der Waals surface area contributed by atoms with Crippen LogP contribution in [0.4, 0.5) is 0 Å². The molecule has 19 heavy (non-hydrogen) atoms. The molecule has 0 radical (unpaired) electrons. The van der Waals surface area contributed by atoms with Gasteiger partial charge in [-0.3, -0.25) is 4.98 Å². The van der Waals surface area contributed by atoms with E-state index in [1.54, 1.807) is 6.92 Å². The van der Waals surface area contributed by atoms with E-state index in [0.29, 0.717) is 6.61 Å². The summed E-state index contributed by atoms with van der Waals surface area (Å²) in [5, 5.41) is 0. The zero-order valence-electron chi connectivity index (χ0n) is 11.3. The van der Waals surface area contributed by atoms with Crippen LogP contribution >= 0.6 is 0 Å². The molecule has 0 amide bonds. The summed E-state index contributed by atoms with van der Waals surface area (Å²) in [6, 6.07) is 5.99. The smallest absolute Gasteiger partial charge is 0.358 e. The van der Waals surface area contributed by atoms with Gasteiger partial charge in [0.05, 0.1) is 23.8 Å². The second-order valence-corrected chi connectivity index (χ2v) is 4.40. The molecule has 0 N–H and O–H groups in total. The number of carbonyl (C=O) groups excluding carboxylic acids is 1. The van der Waals surface area contributed by atoms with Gasteiger partial charge in [-0.15, -0.1) is 0 Å². The normalized spacial score (nSPS) is 10.6. The van der Waals surface area contributed by atoms with Crippen LogP contribution in [-0.4, -0.2) is 22.5 Å². The van der Waals surface area contributed by atoms with E-state index in [9.17, 15) is 4.79 Å². The van der Waals surface area contributed by atoms with Crippen molar-refractivity contribution in [1.29, 1.82) is 0 Å². The highest BCUT2D eigenvalue weighted by Gasteiger charge is 2.09. The molecule has 2 rings (SSSR count). The van der Waals surface area contributed by atoms with Crippen molar-refractivity contribution in [2.24, 2.45) is 0 Å². The maximum Gasteiger partial charge on any atom is 0.358 e. The standard InChI is InChI=1S/C15H18N2O2/c1-3-5-6-11-7-8-12-13(9-11)16-10-14(17-12)15(18)19-4-2/h7-10H,3-6H2,1-2H3. The van der Waals surface area contributed by atoms with E-state index in [2.05, 4.69) is 16.9 Å². The monoisotopic (exact) mass is 258 g/mol. The first-order valence-corrected chi connectivity index (χ1v) is 6.67. The zero-order valence-corrected chi connectivity index (χ0v) is 11.3. The summed E-state index contributed by atoms with van der Waals surface area (Å²) in [5.74, 6) is -0.424. The molecule has 2 aromatic rings. The predicted molar refractivity (Wildman–Crippen MR) is 74.1 cm³/mol. The van der Waals surface area contributed by atoms with Gasteiger partial charge >= 0.3 is 5.97 Å². The van der Waals surface area contributed by atoms with E-state index in [-0.39, 0.29) is 5.69 Å². The van der Waals surface area contributed by atoms with Gasteiger partial charge in [0.15, 0.2) is 5.69 Å². The van der Waals surface area contributed by atoms with E-state index < -0.39 is 5.97 Å². The summed E-state index contributed by atoms with van der Waals surface area (Å²) < 4.78 is 4.91. The van der Waals surface area contributed by atoms with Gasteiger partial charge in [0, 0.05) is 0 Å². The largest absolute Gasteiger partial charge is 0.461 e. The van der Waals surface area contributed by atoms with Gasteiger partial charge in [-0.1, -0.05) is 19.4 Å². The number of aryl methyl sites for hydroxylation is 1. The molecule has 4 heteroatoms. The molecule has 1 aromatic carbocycles. The number of rotatable bonds is 5. The first-order valence-electron chi connectivity index (χ1n) is 6.67. The lowest BCUT2D eigenvalue weighted by Gasteiger charge is -2.04. The lowest BCUT2D eigenvalue weighted by molar-refractivity contribution is 0.0519. The Kier molecular flexibility index (Phi) is 4.44. The van der Waals surface area contributed by atoms with E-state index in [1.807, 2.05) is 18.2 Å². The fourth-order valence-electron chi connectivity index (χ4n) is 1.90. The molecular formula is C15H18N2O2. The average molecular weight is 258 g/mol. The molecule has 0 saturated heterocycles. The summed E-state index contributed by atoms with van der Waals surface area (Å²) in [6.07, 6.45) is 4.86. The Morgan fingerprint density at radius 1 is 1.26 bits per heavy atom. The fraction of sp³-hybridized carbons (Fsp3) is 0.400. The number of ether oxygens (including phenoxy) is 1. The third-order valence-electron chi connectivity index (χ3n) is 2.91. The SMILES string of the molecule is CCCCc1ccc2nc(C(=O)OCC)cnc2c1. The number of aromatic nitrogens is 2. The summed E-state index contributed by atoms with van der Waals surface area (Å²) in [6.45, 7) is 4.29. The Morgan fingerprint density at radius 2 is 2.11 bits per heavy atom. The molecule has 0 fully saturated rings. The molecule has 0 bridgehead atoms. The van der Waals surface area contributed by atoms with Crippen molar-refractivity contribution in [2.75, 3.05) is 6.61 Å². The number of benzene rings is 1. The van der Waals surface area contributed by atoms with Crippen LogP contribution in [0.5, 0.6) is 0 Å². The minimum atomic E-state index is -0.424. The summed E-state index contributed by atoms with van der Waals surface area (Å²) in [4.78, 5) is 20.1. The van der Waals surface area contributed by atoms with Crippen LogP contribution in [0.1, 0.15) is 42.7 Å². The predicted octanol–water partition coefficient (Wildman–Crippen LogP) is 3.15. The number of hydrogen-bond donors (Lipinski definition) is 0. The summed E-state index contributed by atoms with van der Waals surface area (Å²) in [5.41, 5.74) is 3.07. The molecule has 0 spiro atoms. The number of carbonyl (C=O) groups is 1. The molecule has 4 nitrogen and oxygen atoms in total. The molecule has 0 aliphatic rings.